The van der Waals surface area contributed by atoms with E-state index in [1.165, 1.54) is 6.42 Å². The summed E-state index contributed by atoms with van der Waals surface area (Å²) in [6.45, 7) is 7.12. The van der Waals surface area contributed by atoms with E-state index in [9.17, 15) is 0 Å². The van der Waals surface area contributed by atoms with Gasteiger partial charge in [0.2, 0.25) is 5.89 Å². The van der Waals surface area contributed by atoms with Crippen LogP contribution in [-0.2, 0) is 13.0 Å². The highest BCUT2D eigenvalue weighted by Crippen LogP contribution is 2.19. The second-order valence-corrected chi connectivity index (χ2v) is 5.00. The maximum absolute atomic E-state index is 5.92. The van der Waals surface area contributed by atoms with E-state index >= 15 is 0 Å². The highest BCUT2D eigenvalue weighted by atomic mass is 16.5. The minimum Gasteiger partial charge on any atom is -0.339 e. The second-order valence-electron chi connectivity index (χ2n) is 5.00. The Balaban J connectivity index is 1.84. The molecule has 1 fully saturated rings. The summed E-state index contributed by atoms with van der Waals surface area (Å²) in [4.78, 5) is 6.74. The van der Waals surface area contributed by atoms with Crippen molar-refractivity contribution in [2.75, 3.05) is 13.1 Å². The maximum atomic E-state index is 5.92. The highest BCUT2D eigenvalue weighted by molar-refractivity contribution is 4.89. The van der Waals surface area contributed by atoms with Crippen LogP contribution in [0.15, 0.2) is 4.52 Å². The Hall–Kier alpha value is -0.940. The number of rotatable bonds is 5. The number of aryl methyl sites for hydroxylation is 1. The molecule has 0 saturated carbocycles. The fourth-order valence-electron chi connectivity index (χ4n) is 2.31. The third kappa shape index (κ3) is 3.26. The molecular weight excluding hydrogens is 216 g/mol. The summed E-state index contributed by atoms with van der Waals surface area (Å²) in [5.41, 5.74) is 5.92. The van der Waals surface area contributed by atoms with E-state index in [0.29, 0.717) is 5.92 Å². The first kappa shape index (κ1) is 12.5. The quantitative estimate of drug-likeness (QED) is 0.834. The standard InChI is InChI=1S/C12H22N4O/c1-3-4-12-14-11(15-17-12)8-16-6-5-10(7-16)9(2)13/h9-10H,3-8,13H2,1-2H3. The third-order valence-corrected chi connectivity index (χ3v) is 3.39. The molecule has 1 aliphatic heterocycles. The summed E-state index contributed by atoms with van der Waals surface area (Å²) in [7, 11) is 0. The molecule has 5 heteroatoms. The Bertz CT molecular complexity index is 350. The summed E-state index contributed by atoms with van der Waals surface area (Å²) in [6, 6.07) is 0.279. The molecule has 17 heavy (non-hydrogen) atoms. The molecule has 1 saturated heterocycles. The van der Waals surface area contributed by atoms with Gasteiger partial charge in [0.1, 0.15) is 0 Å². The molecule has 0 radical (unpaired) electrons. The Kier molecular flexibility index (Phi) is 4.12. The van der Waals surface area contributed by atoms with Crippen molar-refractivity contribution in [1.82, 2.24) is 15.0 Å². The Morgan fingerprint density at radius 1 is 1.59 bits per heavy atom. The van der Waals surface area contributed by atoms with E-state index in [1.54, 1.807) is 0 Å². The molecule has 2 heterocycles. The highest BCUT2D eigenvalue weighted by Gasteiger charge is 2.26. The number of hydrogen-bond acceptors (Lipinski definition) is 5. The van der Waals surface area contributed by atoms with Crippen LogP contribution < -0.4 is 5.73 Å². The van der Waals surface area contributed by atoms with Crippen molar-refractivity contribution in [3.63, 3.8) is 0 Å². The van der Waals surface area contributed by atoms with Crippen molar-refractivity contribution in [1.29, 1.82) is 0 Å². The van der Waals surface area contributed by atoms with Crippen molar-refractivity contribution in [2.45, 2.75) is 45.7 Å². The van der Waals surface area contributed by atoms with Gasteiger partial charge in [-0.3, -0.25) is 4.90 Å². The van der Waals surface area contributed by atoms with Gasteiger partial charge in [0.15, 0.2) is 5.82 Å². The average Bonchev–Trinajstić information content (AvgIpc) is 2.89. The predicted octanol–water partition coefficient (Wildman–Crippen LogP) is 1.19. The molecule has 2 N–H and O–H groups in total. The summed E-state index contributed by atoms with van der Waals surface area (Å²) in [5.74, 6) is 2.17. The van der Waals surface area contributed by atoms with Gasteiger partial charge in [0, 0.05) is 19.0 Å². The largest absolute Gasteiger partial charge is 0.339 e. The van der Waals surface area contributed by atoms with Gasteiger partial charge in [-0.15, -0.1) is 0 Å². The fraction of sp³-hybridized carbons (Fsp3) is 0.833. The molecule has 0 aromatic carbocycles. The van der Waals surface area contributed by atoms with Gasteiger partial charge in [0.05, 0.1) is 6.54 Å². The number of aromatic nitrogens is 2. The molecule has 0 aliphatic carbocycles. The molecule has 96 valence electrons. The first-order valence-electron chi connectivity index (χ1n) is 6.48. The van der Waals surface area contributed by atoms with Crippen molar-refractivity contribution in [2.24, 2.45) is 11.7 Å². The molecule has 5 nitrogen and oxygen atoms in total. The number of hydrogen-bond donors (Lipinski definition) is 1. The smallest absolute Gasteiger partial charge is 0.226 e. The lowest BCUT2D eigenvalue weighted by Crippen LogP contribution is -2.29. The van der Waals surface area contributed by atoms with E-state index in [1.807, 2.05) is 0 Å². The SMILES string of the molecule is CCCc1nc(CN2CCC(C(C)N)C2)no1. The fourth-order valence-corrected chi connectivity index (χ4v) is 2.31. The van der Waals surface area contributed by atoms with Crippen LogP contribution in [0.2, 0.25) is 0 Å². The first-order chi connectivity index (χ1) is 8.19. The van der Waals surface area contributed by atoms with Crippen molar-refractivity contribution >= 4 is 0 Å². The molecular formula is C12H22N4O. The molecule has 1 aromatic heterocycles. The van der Waals surface area contributed by atoms with Crippen LogP contribution in [-0.4, -0.2) is 34.2 Å². The molecule has 2 rings (SSSR count). The summed E-state index contributed by atoms with van der Waals surface area (Å²) >= 11 is 0. The van der Waals surface area contributed by atoms with Crippen LogP contribution in [0.4, 0.5) is 0 Å². The number of likely N-dealkylation sites (tertiary alicyclic amines) is 1. The van der Waals surface area contributed by atoms with Gasteiger partial charge in [-0.25, -0.2) is 0 Å². The van der Waals surface area contributed by atoms with E-state index in [0.717, 1.165) is 44.2 Å². The second kappa shape index (κ2) is 5.60. The van der Waals surface area contributed by atoms with Crippen LogP contribution in [0, 0.1) is 5.92 Å². The molecule has 1 aliphatic rings. The molecule has 0 spiro atoms. The average molecular weight is 238 g/mol. The molecule has 2 atom stereocenters. The zero-order valence-electron chi connectivity index (χ0n) is 10.7. The zero-order chi connectivity index (χ0) is 12.3. The molecule has 1 aromatic rings. The van der Waals surface area contributed by atoms with Crippen molar-refractivity contribution < 1.29 is 4.52 Å². The first-order valence-corrected chi connectivity index (χ1v) is 6.48. The van der Waals surface area contributed by atoms with Gasteiger partial charge in [-0.2, -0.15) is 4.98 Å². The van der Waals surface area contributed by atoms with Gasteiger partial charge >= 0.3 is 0 Å². The molecule has 0 amide bonds. The maximum Gasteiger partial charge on any atom is 0.226 e. The predicted molar refractivity (Wildman–Crippen MR) is 65.3 cm³/mol. The van der Waals surface area contributed by atoms with Crippen LogP contribution in [0.1, 0.15) is 38.4 Å². The minimum absolute atomic E-state index is 0.279. The van der Waals surface area contributed by atoms with Crippen molar-refractivity contribution in [3.8, 4) is 0 Å². The van der Waals surface area contributed by atoms with E-state index in [4.69, 9.17) is 10.3 Å². The number of nitrogens with two attached hydrogens (primary N) is 1. The lowest BCUT2D eigenvalue weighted by Gasteiger charge is -2.15. The third-order valence-electron chi connectivity index (χ3n) is 3.39. The summed E-state index contributed by atoms with van der Waals surface area (Å²) in [6.07, 6.45) is 3.09. The normalized spacial score (nSPS) is 23.1. The van der Waals surface area contributed by atoms with E-state index in [2.05, 4.69) is 28.9 Å². The van der Waals surface area contributed by atoms with Crippen LogP contribution in [0.25, 0.3) is 0 Å². The lowest BCUT2D eigenvalue weighted by molar-refractivity contribution is 0.292. The number of nitrogens with zero attached hydrogens (tertiary/aromatic N) is 3. The molecule has 2 unspecified atom stereocenters. The van der Waals surface area contributed by atoms with E-state index < -0.39 is 0 Å². The Labute approximate surface area is 102 Å². The van der Waals surface area contributed by atoms with Crippen LogP contribution >= 0.6 is 0 Å². The summed E-state index contributed by atoms with van der Waals surface area (Å²) < 4.78 is 5.18. The van der Waals surface area contributed by atoms with Gasteiger partial charge in [0.25, 0.3) is 0 Å². The molecule has 0 bridgehead atoms. The van der Waals surface area contributed by atoms with Gasteiger partial charge in [-0.05, 0) is 32.2 Å². The zero-order valence-corrected chi connectivity index (χ0v) is 10.7. The topological polar surface area (TPSA) is 68.2 Å². The minimum atomic E-state index is 0.279. The lowest BCUT2D eigenvalue weighted by atomic mass is 10.0. The van der Waals surface area contributed by atoms with Crippen LogP contribution in [0.5, 0.6) is 0 Å². The Morgan fingerprint density at radius 3 is 3.06 bits per heavy atom. The van der Waals surface area contributed by atoms with Gasteiger partial charge in [-0.1, -0.05) is 12.1 Å². The monoisotopic (exact) mass is 238 g/mol. The Morgan fingerprint density at radius 2 is 2.41 bits per heavy atom. The van der Waals surface area contributed by atoms with Crippen molar-refractivity contribution in [3.05, 3.63) is 11.7 Å². The van der Waals surface area contributed by atoms with Crippen LogP contribution in [0.3, 0.4) is 0 Å². The van der Waals surface area contributed by atoms with E-state index in [-0.39, 0.29) is 6.04 Å². The van der Waals surface area contributed by atoms with Gasteiger partial charge < -0.3 is 10.3 Å². The summed E-state index contributed by atoms with van der Waals surface area (Å²) in [5, 5.41) is 4.01.